The molecular formula is C24H24BrN5O2. The number of aromatic nitrogens is 4. The molecule has 8 heteroatoms. The van der Waals surface area contributed by atoms with Crippen molar-refractivity contribution in [1.29, 1.82) is 0 Å². The quantitative estimate of drug-likeness (QED) is 0.435. The number of hydrogen-bond acceptors (Lipinski definition) is 4. The van der Waals surface area contributed by atoms with Crippen LogP contribution in [0.4, 0.5) is 11.6 Å². The number of fused-ring (bicyclic) bond motifs is 3. The zero-order valence-corrected chi connectivity index (χ0v) is 19.8. The van der Waals surface area contributed by atoms with Crippen LogP contribution in [0.1, 0.15) is 18.1 Å². The summed E-state index contributed by atoms with van der Waals surface area (Å²) in [5.41, 5.74) is 3.25. The minimum atomic E-state index is -0.357. The molecule has 0 amide bonds. The molecule has 5 rings (SSSR count). The van der Waals surface area contributed by atoms with E-state index in [1.165, 1.54) is 9.13 Å². The fraction of sp³-hybridized carbons (Fsp3) is 0.292. The van der Waals surface area contributed by atoms with E-state index in [2.05, 4.69) is 27.8 Å². The smallest absolute Gasteiger partial charge is 0.312 e. The first-order valence-electron chi connectivity index (χ1n) is 10.6. The van der Waals surface area contributed by atoms with Crippen LogP contribution in [0.25, 0.3) is 11.2 Å². The first-order chi connectivity index (χ1) is 15.3. The van der Waals surface area contributed by atoms with E-state index in [1.807, 2.05) is 60.0 Å². The summed E-state index contributed by atoms with van der Waals surface area (Å²) in [4.78, 5) is 33.7. The first kappa shape index (κ1) is 20.8. The number of imidazole rings is 1. The van der Waals surface area contributed by atoms with Crippen LogP contribution >= 0.6 is 15.9 Å². The molecule has 0 aliphatic carbocycles. The van der Waals surface area contributed by atoms with Crippen molar-refractivity contribution in [3.05, 3.63) is 85.0 Å². The summed E-state index contributed by atoms with van der Waals surface area (Å²) in [7, 11) is 1.69. The van der Waals surface area contributed by atoms with Crippen molar-refractivity contribution in [3.8, 4) is 0 Å². The summed E-state index contributed by atoms with van der Waals surface area (Å²) in [6, 6.07) is 15.9. The minimum Gasteiger partial charge on any atom is -0.312 e. The van der Waals surface area contributed by atoms with Crippen molar-refractivity contribution < 1.29 is 0 Å². The van der Waals surface area contributed by atoms with Crippen LogP contribution in [0.3, 0.4) is 0 Å². The van der Waals surface area contributed by atoms with E-state index >= 15 is 0 Å². The highest BCUT2D eigenvalue weighted by molar-refractivity contribution is 9.10. The van der Waals surface area contributed by atoms with Crippen LogP contribution in [0.2, 0.25) is 0 Å². The molecule has 7 nitrogen and oxygen atoms in total. The molecule has 0 fully saturated rings. The molecule has 4 aromatic rings. The van der Waals surface area contributed by atoms with E-state index < -0.39 is 0 Å². The predicted octanol–water partition coefficient (Wildman–Crippen LogP) is 3.80. The van der Waals surface area contributed by atoms with Gasteiger partial charge in [0.15, 0.2) is 11.2 Å². The molecule has 0 spiro atoms. The van der Waals surface area contributed by atoms with Gasteiger partial charge in [-0.3, -0.25) is 13.9 Å². The minimum absolute atomic E-state index is 0.237. The Balaban J connectivity index is 1.73. The van der Waals surface area contributed by atoms with Gasteiger partial charge in [0.1, 0.15) is 0 Å². The number of hydrogen-bond donors (Lipinski definition) is 0. The van der Waals surface area contributed by atoms with Gasteiger partial charge in [-0.25, -0.2) is 4.79 Å². The molecule has 1 aliphatic rings. The molecule has 2 aromatic carbocycles. The Morgan fingerprint density at radius 2 is 1.78 bits per heavy atom. The lowest BCUT2D eigenvalue weighted by Crippen LogP contribution is -2.40. The lowest BCUT2D eigenvalue weighted by molar-refractivity contribution is 0.458. The van der Waals surface area contributed by atoms with Gasteiger partial charge in [-0.05, 0) is 48.2 Å². The van der Waals surface area contributed by atoms with Gasteiger partial charge in [0.25, 0.3) is 5.56 Å². The van der Waals surface area contributed by atoms with E-state index in [9.17, 15) is 9.59 Å². The highest BCUT2D eigenvalue weighted by atomic mass is 79.9. The standard InChI is InChI=1S/C24H24BrN5O2/c1-15-12-28(19-10-8-18(25)9-11-19)23-26-21-20(29(23)13-15)22(31)30(24(32)27(21)3)14-17-7-5-4-6-16(17)2/h4-11,15H,12-14H2,1-3H3/t15-/m1/s1. The predicted molar refractivity (Wildman–Crippen MR) is 130 cm³/mol. The zero-order chi connectivity index (χ0) is 22.6. The van der Waals surface area contributed by atoms with Gasteiger partial charge in [0.2, 0.25) is 5.95 Å². The van der Waals surface area contributed by atoms with Gasteiger partial charge in [-0.1, -0.05) is 47.1 Å². The van der Waals surface area contributed by atoms with Gasteiger partial charge in [0, 0.05) is 30.3 Å². The fourth-order valence-corrected chi connectivity index (χ4v) is 4.71. The van der Waals surface area contributed by atoms with Crippen molar-refractivity contribution in [2.75, 3.05) is 11.4 Å². The summed E-state index contributed by atoms with van der Waals surface area (Å²) >= 11 is 3.49. The summed E-state index contributed by atoms with van der Waals surface area (Å²) in [5.74, 6) is 1.01. The number of anilines is 2. The molecule has 2 aromatic heterocycles. The van der Waals surface area contributed by atoms with E-state index in [4.69, 9.17) is 4.98 Å². The molecule has 0 bridgehead atoms. The highest BCUT2D eigenvalue weighted by Gasteiger charge is 2.29. The molecule has 0 radical (unpaired) electrons. The molecule has 32 heavy (non-hydrogen) atoms. The Labute approximate surface area is 193 Å². The largest absolute Gasteiger partial charge is 0.332 e. The van der Waals surface area contributed by atoms with Gasteiger partial charge >= 0.3 is 5.69 Å². The topological polar surface area (TPSA) is 65.1 Å². The molecule has 0 saturated carbocycles. The molecule has 0 saturated heterocycles. The highest BCUT2D eigenvalue weighted by Crippen LogP contribution is 2.33. The van der Waals surface area contributed by atoms with Gasteiger partial charge in [-0.15, -0.1) is 0 Å². The molecular weight excluding hydrogens is 470 g/mol. The number of rotatable bonds is 3. The summed E-state index contributed by atoms with van der Waals surface area (Å²) in [6.07, 6.45) is 0. The number of aryl methyl sites for hydroxylation is 2. The van der Waals surface area contributed by atoms with Crippen molar-refractivity contribution in [3.63, 3.8) is 0 Å². The third-order valence-electron chi connectivity index (χ3n) is 6.17. The first-order valence-corrected chi connectivity index (χ1v) is 11.4. The van der Waals surface area contributed by atoms with Gasteiger partial charge < -0.3 is 9.47 Å². The monoisotopic (exact) mass is 493 g/mol. The second-order valence-corrected chi connectivity index (χ2v) is 9.46. The molecule has 1 atom stereocenters. The van der Waals surface area contributed by atoms with Crippen LogP contribution in [0, 0.1) is 12.8 Å². The zero-order valence-electron chi connectivity index (χ0n) is 18.2. The van der Waals surface area contributed by atoms with Crippen LogP contribution in [-0.2, 0) is 20.1 Å². The van der Waals surface area contributed by atoms with E-state index in [0.717, 1.165) is 27.8 Å². The van der Waals surface area contributed by atoms with Gasteiger partial charge in [-0.2, -0.15) is 4.98 Å². The fourth-order valence-electron chi connectivity index (χ4n) is 4.44. The summed E-state index contributed by atoms with van der Waals surface area (Å²) in [6.45, 7) is 5.85. The van der Waals surface area contributed by atoms with Crippen LogP contribution in [0.5, 0.6) is 0 Å². The van der Waals surface area contributed by atoms with Crippen molar-refractivity contribution in [1.82, 2.24) is 18.7 Å². The SMILES string of the molecule is Cc1ccccc1Cn1c(=O)c2c(nc3n2C[C@H](C)CN3c2ccc(Br)cc2)n(C)c1=O. The average Bonchev–Trinajstić information content (AvgIpc) is 3.16. The number of halogens is 1. The van der Waals surface area contributed by atoms with Crippen LogP contribution < -0.4 is 16.1 Å². The number of nitrogens with zero attached hydrogens (tertiary/aromatic N) is 5. The lowest BCUT2D eigenvalue weighted by Gasteiger charge is -2.33. The Hall–Kier alpha value is -3.13. The van der Waals surface area contributed by atoms with Crippen molar-refractivity contribution in [2.45, 2.75) is 26.9 Å². The molecule has 164 valence electrons. The van der Waals surface area contributed by atoms with Crippen molar-refractivity contribution >= 4 is 38.7 Å². The second-order valence-electron chi connectivity index (χ2n) is 8.55. The molecule has 0 unspecified atom stereocenters. The van der Waals surface area contributed by atoms with E-state index in [-0.39, 0.29) is 17.8 Å². The normalized spacial score (nSPS) is 15.9. The number of benzene rings is 2. The third kappa shape index (κ3) is 3.30. The maximum atomic E-state index is 13.6. The lowest BCUT2D eigenvalue weighted by atomic mass is 10.1. The Morgan fingerprint density at radius 3 is 2.50 bits per heavy atom. The Kier molecular flexibility index (Phi) is 5.04. The van der Waals surface area contributed by atoms with E-state index in [0.29, 0.717) is 29.6 Å². The van der Waals surface area contributed by atoms with Crippen molar-refractivity contribution in [2.24, 2.45) is 13.0 Å². The van der Waals surface area contributed by atoms with Crippen LogP contribution in [0.15, 0.2) is 62.6 Å². The van der Waals surface area contributed by atoms with Crippen LogP contribution in [-0.4, -0.2) is 25.2 Å². The Bertz CT molecular complexity index is 1450. The molecule has 3 heterocycles. The Morgan fingerprint density at radius 1 is 1.06 bits per heavy atom. The maximum Gasteiger partial charge on any atom is 0.332 e. The third-order valence-corrected chi connectivity index (χ3v) is 6.70. The van der Waals surface area contributed by atoms with E-state index in [1.54, 1.807) is 7.05 Å². The summed E-state index contributed by atoms with van der Waals surface area (Å²) < 4.78 is 5.79. The second kappa shape index (κ2) is 7.78. The molecule has 0 N–H and O–H groups in total. The maximum absolute atomic E-state index is 13.6. The summed E-state index contributed by atoms with van der Waals surface area (Å²) in [5, 5.41) is 0. The molecule has 1 aliphatic heterocycles. The average molecular weight is 494 g/mol. The van der Waals surface area contributed by atoms with Gasteiger partial charge in [0.05, 0.1) is 6.54 Å².